The third-order valence-electron chi connectivity index (χ3n) is 7.67. The summed E-state index contributed by atoms with van der Waals surface area (Å²) in [5, 5.41) is 9.73. The van der Waals surface area contributed by atoms with Crippen LogP contribution in [0.3, 0.4) is 0 Å². The molecule has 0 bridgehead atoms. The van der Waals surface area contributed by atoms with Gasteiger partial charge in [0.2, 0.25) is 0 Å². The third-order valence-corrected chi connectivity index (χ3v) is 7.67. The maximum atomic E-state index is 13.0. The molecule has 39 heavy (non-hydrogen) atoms. The molecule has 0 aliphatic carbocycles. The van der Waals surface area contributed by atoms with Gasteiger partial charge in [0, 0.05) is 5.92 Å². The summed E-state index contributed by atoms with van der Waals surface area (Å²) in [5.41, 5.74) is 4.94. The van der Waals surface area contributed by atoms with E-state index in [1.165, 1.54) is 12.1 Å². The topological polar surface area (TPSA) is 142 Å². The number of hydrogen-bond acceptors (Lipinski definition) is 8. The molecule has 1 aromatic rings. The number of ether oxygens (including phenoxy) is 3. The molecule has 0 spiro atoms. The number of carboxylic acid groups (broad SMARTS) is 1. The lowest BCUT2D eigenvalue weighted by Crippen LogP contribution is -2.38. The summed E-state index contributed by atoms with van der Waals surface area (Å²) in [7, 11) is 0. The number of carbonyl (C=O) groups excluding carboxylic acids is 3. The van der Waals surface area contributed by atoms with E-state index in [0.717, 1.165) is 0 Å². The number of carbonyl (C=O) groups is 4. The van der Waals surface area contributed by atoms with E-state index < -0.39 is 46.8 Å². The molecule has 1 aromatic carbocycles. The molecule has 0 aliphatic rings. The SMILES string of the molecule is CCC(C)(C)C(=O)Oc1ccc(C(CC(C)OC(=O)C(C)C(C)C)[C@H](N)C(=O)O)cc1OC(=O)C(C)(C)CC. The zero-order chi connectivity index (χ0) is 30.3. The van der Waals surface area contributed by atoms with Gasteiger partial charge in [-0.2, -0.15) is 0 Å². The van der Waals surface area contributed by atoms with E-state index in [9.17, 15) is 24.3 Å². The monoisotopic (exact) mass is 549 g/mol. The Morgan fingerprint density at radius 1 is 0.872 bits per heavy atom. The molecular weight excluding hydrogens is 502 g/mol. The smallest absolute Gasteiger partial charge is 0.321 e. The average molecular weight is 550 g/mol. The lowest BCUT2D eigenvalue weighted by Gasteiger charge is -2.27. The summed E-state index contributed by atoms with van der Waals surface area (Å²) in [6.45, 7) is 18.0. The zero-order valence-electron chi connectivity index (χ0n) is 25.1. The fourth-order valence-electron chi connectivity index (χ4n) is 3.33. The Labute approximate surface area is 232 Å². The van der Waals surface area contributed by atoms with E-state index in [0.29, 0.717) is 18.4 Å². The summed E-state index contributed by atoms with van der Waals surface area (Å²) >= 11 is 0. The van der Waals surface area contributed by atoms with Crippen LogP contribution in [0.4, 0.5) is 0 Å². The van der Waals surface area contributed by atoms with Crippen LogP contribution in [0.1, 0.15) is 100.0 Å². The van der Waals surface area contributed by atoms with Gasteiger partial charge in [-0.05, 0) is 77.5 Å². The minimum atomic E-state index is -1.34. The van der Waals surface area contributed by atoms with E-state index in [2.05, 4.69) is 0 Å². The molecule has 0 radical (unpaired) electrons. The Morgan fingerprint density at radius 3 is 1.79 bits per heavy atom. The van der Waals surface area contributed by atoms with Crippen LogP contribution in [-0.2, 0) is 23.9 Å². The molecule has 0 aromatic heterocycles. The summed E-state index contributed by atoms with van der Waals surface area (Å²) in [6.07, 6.45) is 0.513. The standard InChI is InChI=1S/C30H47NO8/c1-11-29(7,8)27(35)38-22-14-13-20(16-23(22)39-28(36)30(9,10)12-2)21(24(31)25(32)33)15-18(5)37-26(34)19(6)17(3)4/h13-14,16-19,21,24H,11-12,15,31H2,1-10H3,(H,32,33)/t18?,19?,21?,24-/m0/s1. The lowest BCUT2D eigenvalue weighted by molar-refractivity contribution is -0.154. The predicted molar refractivity (Wildman–Crippen MR) is 148 cm³/mol. The highest BCUT2D eigenvalue weighted by Gasteiger charge is 2.34. The Hall–Kier alpha value is -2.94. The maximum Gasteiger partial charge on any atom is 0.321 e. The molecule has 9 nitrogen and oxygen atoms in total. The van der Waals surface area contributed by atoms with Crippen LogP contribution in [0.2, 0.25) is 0 Å². The van der Waals surface area contributed by atoms with Gasteiger partial charge in [0.05, 0.1) is 22.9 Å². The van der Waals surface area contributed by atoms with Crippen molar-refractivity contribution in [2.75, 3.05) is 0 Å². The summed E-state index contributed by atoms with van der Waals surface area (Å²) in [4.78, 5) is 50.2. The van der Waals surface area contributed by atoms with Gasteiger partial charge in [-0.25, -0.2) is 0 Å². The van der Waals surface area contributed by atoms with Crippen LogP contribution < -0.4 is 15.2 Å². The Bertz CT molecular complexity index is 1030. The van der Waals surface area contributed by atoms with Crippen molar-refractivity contribution in [3.63, 3.8) is 0 Å². The van der Waals surface area contributed by atoms with Crippen LogP contribution in [0.25, 0.3) is 0 Å². The zero-order valence-corrected chi connectivity index (χ0v) is 25.1. The number of nitrogens with two attached hydrogens (primary N) is 1. The quantitative estimate of drug-likeness (QED) is 0.228. The molecule has 3 unspecified atom stereocenters. The summed E-state index contributed by atoms with van der Waals surface area (Å²) in [6, 6.07) is 3.20. The lowest BCUT2D eigenvalue weighted by atomic mass is 9.86. The number of aliphatic carboxylic acids is 1. The minimum absolute atomic E-state index is 0.0139. The molecule has 0 heterocycles. The normalized spacial score (nSPS) is 15.2. The van der Waals surface area contributed by atoms with E-state index in [4.69, 9.17) is 19.9 Å². The van der Waals surface area contributed by atoms with Crippen molar-refractivity contribution in [1.29, 1.82) is 0 Å². The number of benzene rings is 1. The molecule has 220 valence electrons. The van der Waals surface area contributed by atoms with Gasteiger partial charge < -0.3 is 25.1 Å². The first-order valence-corrected chi connectivity index (χ1v) is 13.6. The maximum absolute atomic E-state index is 13.0. The summed E-state index contributed by atoms with van der Waals surface area (Å²) < 4.78 is 17.0. The van der Waals surface area contributed by atoms with Crippen molar-refractivity contribution >= 4 is 23.9 Å². The van der Waals surface area contributed by atoms with Crippen molar-refractivity contribution in [1.82, 2.24) is 0 Å². The second kappa shape index (κ2) is 13.9. The third kappa shape index (κ3) is 9.34. The molecule has 0 fully saturated rings. The fraction of sp³-hybridized carbons (Fsp3) is 0.667. The van der Waals surface area contributed by atoms with Crippen LogP contribution >= 0.6 is 0 Å². The molecule has 1 rings (SSSR count). The van der Waals surface area contributed by atoms with Crippen molar-refractivity contribution < 1.29 is 38.5 Å². The highest BCUT2D eigenvalue weighted by molar-refractivity contribution is 5.82. The predicted octanol–water partition coefficient (Wildman–Crippen LogP) is 5.48. The van der Waals surface area contributed by atoms with Crippen molar-refractivity contribution in [2.45, 2.75) is 107 Å². The van der Waals surface area contributed by atoms with E-state index in [-0.39, 0.29) is 35.7 Å². The van der Waals surface area contributed by atoms with Crippen molar-refractivity contribution in [2.24, 2.45) is 28.4 Å². The Balaban J connectivity index is 3.50. The molecule has 9 heteroatoms. The molecule has 4 atom stereocenters. The number of esters is 3. The first-order valence-electron chi connectivity index (χ1n) is 13.6. The van der Waals surface area contributed by atoms with Gasteiger partial charge in [0.15, 0.2) is 11.5 Å². The van der Waals surface area contributed by atoms with E-state index >= 15 is 0 Å². The van der Waals surface area contributed by atoms with Gasteiger partial charge in [0.1, 0.15) is 6.04 Å². The van der Waals surface area contributed by atoms with Gasteiger partial charge >= 0.3 is 23.9 Å². The molecule has 0 amide bonds. The second-order valence-corrected chi connectivity index (χ2v) is 11.9. The van der Waals surface area contributed by atoms with Crippen LogP contribution in [0.5, 0.6) is 11.5 Å². The van der Waals surface area contributed by atoms with Gasteiger partial charge in [0.25, 0.3) is 0 Å². The van der Waals surface area contributed by atoms with Crippen LogP contribution in [-0.4, -0.2) is 41.1 Å². The largest absolute Gasteiger partial charge is 0.480 e. The Kier molecular flexibility index (Phi) is 12.2. The van der Waals surface area contributed by atoms with E-state index in [1.54, 1.807) is 47.6 Å². The second-order valence-electron chi connectivity index (χ2n) is 11.9. The molecular formula is C30H47NO8. The van der Waals surface area contributed by atoms with Gasteiger partial charge in [-0.3, -0.25) is 19.2 Å². The fourth-order valence-corrected chi connectivity index (χ4v) is 3.33. The average Bonchev–Trinajstić information content (AvgIpc) is 2.86. The Morgan fingerprint density at radius 2 is 1.36 bits per heavy atom. The van der Waals surface area contributed by atoms with Gasteiger partial charge in [-0.1, -0.05) is 40.7 Å². The first kappa shape index (κ1) is 34.1. The molecule has 3 N–H and O–H groups in total. The van der Waals surface area contributed by atoms with Gasteiger partial charge in [-0.15, -0.1) is 0 Å². The van der Waals surface area contributed by atoms with Crippen LogP contribution in [0, 0.1) is 22.7 Å². The van der Waals surface area contributed by atoms with Crippen LogP contribution in [0.15, 0.2) is 18.2 Å². The number of carboxylic acids is 1. The molecule has 0 aliphatic heterocycles. The summed E-state index contributed by atoms with van der Waals surface area (Å²) in [5.74, 6) is -3.65. The van der Waals surface area contributed by atoms with Crippen molar-refractivity contribution in [3.8, 4) is 11.5 Å². The number of rotatable bonds is 14. The van der Waals surface area contributed by atoms with Crippen molar-refractivity contribution in [3.05, 3.63) is 23.8 Å². The molecule has 0 saturated heterocycles. The minimum Gasteiger partial charge on any atom is -0.480 e. The molecule has 0 saturated carbocycles. The first-order chi connectivity index (χ1) is 17.9. The van der Waals surface area contributed by atoms with E-state index in [1.807, 2.05) is 27.7 Å². The highest BCUT2D eigenvalue weighted by atomic mass is 16.6. The highest BCUT2D eigenvalue weighted by Crippen LogP contribution is 2.37. The number of hydrogen-bond donors (Lipinski definition) is 2.